The van der Waals surface area contributed by atoms with Crippen LogP contribution in [0.25, 0.3) is 0 Å². The molecule has 0 bridgehead atoms. The number of hydrogen-bond donors (Lipinski definition) is 1. The van der Waals surface area contributed by atoms with Gasteiger partial charge in [0, 0.05) is 6.54 Å². The number of nitrogens with one attached hydrogen (secondary N) is 1. The van der Waals surface area contributed by atoms with Gasteiger partial charge in [0.1, 0.15) is 6.10 Å². The number of morpholine rings is 1. The average Bonchev–Trinajstić information content (AvgIpc) is 2.74. The van der Waals surface area contributed by atoms with E-state index in [0.717, 1.165) is 11.6 Å². The zero-order valence-electron chi connectivity index (χ0n) is 16.0. The summed E-state index contributed by atoms with van der Waals surface area (Å²) < 4.78 is 51.8. The van der Waals surface area contributed by atoms with Gasteiger partial charge in [-0.3, -0.25) is 4.79 Å². The Morgan fingerprint density at radius 2 is 2.03 bits per heavy atom. The van der Waals surface area contributed by atoms with E-state index in [-0.39, 0.29) is 29.3 Å². The van der Waals surface area contributed by atoms with Crippen molar-refractivity contribution in [3.8, 4) is 5.75 Å². The Morgan fingerprint density at radius 3 is 2.72 bits per heavy atom. The Balaban J connectivity index is 1.61. The molecule has 9 heteroatoms. The summed E-state index contributed by atoms with van der Waals surface area (Å²) in [5.74, 6) is -1.17. The van der Waals surface area contributed by atoms with Crippen LogP contribution >= 0.6 is 0 Å². The predicted octanol–water partition coefficient (Wildman–Crippen LogP) is 2.10. The van der Waals surface area contributed by atoms with Gasteiger partial charge in [0.2, 0.25) is 15.9 Å². The second kappa shape index (κ2) is 9.34. The van der Waals surface area contributed by atoms with E-state index in [0.29, 0.717) is 19.7 Å². The highest BCUT2D eigenvalue weighted by Gasteiger charge is 2.26. The predicted molar refractivity (Wildman–Crippen MR) is 104 cm³/mol. The molecule has 29 heavy (non-hydrogen) atoms. The van der Waals surface area contributed by atoms with Crippen molar-refractivity contribution in [2.75, 3.05) is 32.8 Å². The topological polar surface area (TPSA) is 84.9 Å². The van der Waals surface area contributed by atoms with E-state index >= 15 is 0 Å². The van der Waals surface area contributed by atoms with Crippen LogP contribution in [0.5, 0.6) is 5.75 Å². The van der Waals surface area contributed by atoms with Crippen LogP contribution in [0.4, 0.5) is 4.39 Å². The maximum atomic E-state index is 14.0. The van der Waals surface area contributed by atoms with Crippen LogP contribution in [0.15, 0.2) is 53.4 Å². The number of carbonyl (C=O) groups is 1. The van der Waals surface area contributed by atoms with Crippen LogP contribution < -0.4 is 9.46 Å². The first-order valence-corrected chi connectivity index (χ1v) is 10.8. The van der Waals surface area contributed by atoms with Crippen molar-refractivity contribution >= 4 is 15.9 Å². The summed E-state index contributed by atoms with van der Waals surface area (Å²) in [6.45, 7) is 2.62. The van der Waals surface area contributed by atoms with E-state index in [9.17, 15) is 17.6 Å². The molecule has 2 aromatic carbocycles. The molecule has 1 atom stereocenters. The quantitative estimate of drug-likeness (QED) is 0.739. The Bertz CT molecular complexity index is 953. The van der Waals surface area contributed by atoms with E-state index in [2.05, 4.69) is 4.72 Å². The van der Waals surface area contributed by atoms with Gasteiger partial charge in [0.25, 0.3) is 0 Å². The van der Waals surface area contributed by atoms with E-state index < -0.39 is 22.4 Å². The molecular weight excluding hydrogens is 399 g/mol. The van der Waals surface area contributed by atoms with Crippen LogP contribution in [0.3, 0.4) is 0 Å². The molecule has 0 unspecified atom stereocenters. The number of sulfonamides is 1. The Labute approximate surface area is 169 Å². The third kappa shape index (κ3) is 5.31. The zero-order valence-corrected chi connectivity index (χ0v) is 16.8. The molecule has 1 aliphatic heterocycles. The molecule has 1 fully saturated rings. The third-order valence-corrected chi connectivity index (χ3v) is 5.92. The van der Waals surface area contributed by atoms with Gasteiger partial charge in [-0.1, -0.05) is 30.3 Å². The van der Waals surface area contributed by atoms with Crippen LogP contribution in [-0.4, -0.2) is 52.1 Å². The molecule has 1 saturated heterocycles. The molecule has 156 valence electrons. The van der Waals surface area contributed by atoms with Crippen molar-refractivity contribution in [3.05, 3.63) is 59.9 Å². The monoisotopic (exact) mass is 422 g/mol. The van der Waals surface area contributed by atoms with E-state index in [4.69, 9.17) is 9.47 Å². The van der Waals surface area contributed by atoms with Gasteiger partial charge >= 0.3 is 0 Å². The number of halogens is 1. The fourth-order valence-electron chi connectivity index (χ4n) is 3.02. The van der Waals surface area contributed by atoms with Crippen molar-refractivity contribution in [1.82, 2.24) is 9.62 Å². The molecule has 0 radical (unpaired) electrons. The van der Waals surface area contributed by atoms with Gasteiger partial charge in [-0.2, -0.15) is 0 Å². The molecule has 1 amide bonds. The zero-order chi connectivity index (χ0) is 20.9. The molecular formula is C20H23FN2O5S. The van der Waals surface area contributed by atoms with Crippen LogP contribution in [-0.2, 0) is 19.6 Å². The van der Waals surface area contributed by atoms with E-state index in [1.165, 1.54) is 12.1 Å². The standard InChI is InChI=1S/C20H23FN2O5S/c1-2-27-18-9-8-16(12-17(18)21)29(25,26)22-13-20(24)23-10-11-28-19(14-23)15-6-4-3-5-7-15/h3-9,12,19,22H,2,10-11,13-14H2,1H3/t19-/m0/s1. The lowest BCUT2D eigenvalue weighted by molar-refractivity contribution is -0.137. The number of hydrogen-bond acceptors (Lipinski definition) is 5. The number of rotatable bonds is 7. The molecule has 3 rings (SSSR count). The van der Waals surface area contributed by atoms with Crippen LogP contribution in [0.2, 0.25) is 0 Å². The van der Waals surface area contributed by atoms with Crippen molar-refractivity contribution in [2.45, 2.75) is 17.9 Å². The molecule has 0 aromatic heterocycles. The summed E-state index contributed by atoms with van der Waals surface area (Å²) in [5, 5.41) is 0. The first-order valence-electron chi connectivity index (χ1n) is 9.27. The molecule has 0 aliphatic carbocycles. The van der Waals surface area contributed by atoms with Crippen molar-refractivity contribution in [3.63, 3.8) is 0 Å². The van der Waals surface area contributed by atoms with Gasteiger partial charge in [-0.05, 0) is 30.7 Å². The van der Waals surface area contributed by atoms with Crippen molar-refractivity contribution in [2.24, 2.45) is 0 Å². The van der Waals surface area contributed by atoms with Crippen LogP contribution in [0.1, 0.15) is 18.6 Å². The minimum absolute atomic E-state index is 0.0252. The largest absolute Gasteiger partial charge is 0.491 e. The van der Waals surface area contributed by atoms with E-state index in [1.807, 2.05) is 30.3 Å². The number of ether oxygens (including phenoxy) is 2. The highest BCUT2D eigenvalue weighted by molar-refractivity contribution is 7.89. The lowest BCUT2D eigenvalue weighted by atomic mass is 10.1. The molecule has 1 heterocycles. The molecule has 1 N–H and O–H groups in total. The fraction of sp³-hybridized carbons (Fsp3) is 0.350. The van der Waals surface area contributed by atoms with Crippen molar-refractivity contribution < 1.29 is 27.1 Å². The summed E-state index contributed by atoms with van der Waals surface area (Å²) in [5.41, 5.74) is 0.954. The first kappa shape index (κ1) is 21.2. The maximum Gasteiger partial charge on any atom is 0.241 e. The molecule has 0 saturated carbocycles. The lowest BCUT2D eigenvalue weighted by Crippen LogP contribution is -2.46. The second-order valence-corrected chi connectivity index (χ2v) is 8.23. The molecule has 1 aliphatic rings. The molecule has 7 nitrogen and oxygen atoms in total. The minimum atomic E-state index is -4.04. The van der Waals surface area contributed by atoms with Crippen LogP contribution in [0, 0.1) is 5.82 Å². The Kier molecular flexibility index (Phi) is 6.83. The lowest BCUT2D eigenvalue weighted by Gasteiger charge is -2.33. The second-order valence-electron chi connectivity index (χ2n) is 6.46. The van der Waals surface area contributed by atoms with Gasteiger partial charge in [0.15, 0.2) is 11.6 Å². The summed E-state index contributed by atoms with van der Waals surface area (Å²) in [6.07, 6.45) is -0.259. The first-order chi connectivity index (χ1) is 13.9. The van der Waals surface area contributed by atoms with Gasteiger partial charge in [-0.25, -0.2) is 17.5 Å². The summed E-state index contributed by atoms with van der Waals surface area (Å²) in [4.78, 5) is 13.8. The summed E-state index contributed by atoms with van der Waals surface area (Å²) in [6, 6.07) is 12.9. The Morgan fingerprint density at radius 1 is 1.28 bits per heavy atom. The number of carbonyl (C=O) groups excluding carboxylic acids is 1. The molecule has 2 aromatic rings. The maximum absolute atomic E-state index is 14.0. The van der Waals surface area contributed by atoms with Crippen molar-refractivity contribution in [1.29, 1.82) is 0 Å². The average molecular weight is 422 g/mol. The number of amides is 1. The highest BCUT2D eigenvalue weighted by Crippen LogP contribution is 2.23. The third-order valence-electron chi connectivity index (χ3n) is 4.52. The van der Waals surface area contributed by atoms with Gasteiger partial charge in [0.05, 0.1) is 31.2 Å². The van der Waals surface area contributed by atoms with Gasteiger partial charge < -0.3 is 14.4 Å². The summed E-state index contributed by atoms with van der Waals surface area (Å²) in [7, 11) is -4.04. The van der Waals surface area contributed by atoms with E-state index in [1.54, 1.807) is 11.8 Å². The number of benzene rings is 2. The smallest absolute Gasteiger partial charge is 0.241 e. The fourth-order valence-corrected chi connectivity index (χ4v) is 4.00. The molecule has 0 spiro atoms. The van der Waals surface area contributed by atoms with Gasteiger partial charge in [-0.15, -0.1) is 0 Å². The SMILES string of the molecule is CCOc1ccc(S(=O)(=O)NCC(=O)N2CCO[C@H](c3ccccc3)C2)cc1F. The minimum Gasteiger partial charge on any atom is -0.491 e. The Hall–Kier alpha value is -2.49. The normalized spacial score (nSPS) is 17.2. The summed E-state index contributed by atoms with van der Waals surface area (Å²) >= 11 is 0. The number of nitrogens with zero attached hydrogens (tertiary/aromatic N) is 1. The highest BCUT2D eigenvalue weighted by atomic mass is 32.2.